The number of methoxy groups -OCH3 is 1. The average molecular weight is 358 g/mol. The molecular weight excluding hydrogens is 332 g/mol. The summed E-state index contributed by atoms with van der Waals surface area (Å²) in [6.45, 7) is 3.19. The molecule has 1 aliphatic heterocycles. The van der Waals surface area contributed by atoms with Crippen molar-refractivity contribution in [3.05, 3.63) is 29.8 Å². The van der Waals surface area contributed by atoms with Gasteiger partial charge in [-0.1, -0.05) is 19.1 Å². The molecule has 2 bridgehead atoms. The number of carbonyl (C=O) groups excluding carboxylic acids is 2. The van der Waals surface area contributed by atoms with Crippen molar-refractivity contribution < 1.29 is 19.1 Å². The summed E-state index contributed by atoms with van der Waals surface area (Å²) in [4.78, 5) is 25.4. The molecule has 0 radical (unpaired) electrons. The van der Waals surface area contributed by atoms with Crippen LogP contribution in [-0.4, -0.2) is 37.8 Å². The molecule has 1 heterocycles. The Morgan fingerprint density at radius 3 is 3.00 bits per heavy atom. The third-order valence-corrected chi connectivity index (χ3v) is 6.42. The molecule has 3 saturated carbocycles. The molecule has 4 unspecified atom stereocenters. The summed E-state index contributed by atoms with van der Waals surface area (Å²) in [6, 6.07) is 7.37. The van der Waals surface area contributed by atoms with Crippen molar-refractivity contribution in [2.45, 2.75) is 38.3 Å². The maximum Gasteiger partial charge on any atom is 0.258 e. The van der Waals surface area contributed by atoms with E-state index in [-0.39, 0.29) is 29.1 Å². The molecule has 6 nitrogen and oxygen atoms in total. The average Bonchev–Trinajstić information content (AvgIpc) is 2.61. The first-order valence-corrected chi connectivity index (χ1v) is 9.35. The predicted molar refractivity (Wildman–Crippen MR) is 95.7 cm³/mol. The Hall–Kier alpha value is -2.08. The van der Waals surface area contributed by atoms with Crippen LogP contribution in [0.15, 0.2) is 24.3 Å². The van der Waals surface area contributed by atoms with Crippen molar-refractivity contribution in [3.8, 4) is 5.75 Å². The Kier molecular flexibility index (Phi) is 4.18. The quantitative estimate of drug-likeness (QED) is 0.808. The van der Waals surface area contributed by atoms with E-state index in [1.807, 2.05) is 18.2 Å². The van der Waals surface area contributed by atoms with Gasteiger partial charge in [-0.05, 0) is 36.8 Å². The van der Waals surface area contributed by atoms with Gasteiger partial charge in [0.05, 0.1) is 12.2 Å². The molecule has 140 valence electrons. The fourth-order valence-electron chi connectivity index (χ4n) is 5.06. The topological polar surface area (TPSA) is 76.7 Å². The highest BCUT2D eigenvalue weighted by Crippen LogP contribution is 2.58. The summed E-state index contributed by atoms with van der Waals surface area (Å²) in [5, 5.41) is 6.13. The second-order valence-corrected chi connectivity index (χ2v) is 8.08. The SMILES string of the molecule is COCCNC(=O)C1CC2CCC1(C)CC21NC(=O)c2ccccc2O1. The monoisotopic (exact) mass is 358 g/mol. The van der Waals surface area contributed by atoms with Crippen molar-refractivity contribution in [2.75, 3.05) is 20.3 Å². The normalized spacial score (nSPS) is 34.8. The number of fused-ring (bicyclic) bond motifs is 3. The van der Waals surface area contributed by atoms with Gasteiger partial charge in [0.25, 0.3) is 5.91 Å². The van der Waals surface area contributed by atoms with E-state index in [0.29, 0.717) is 30.9 Å². The van der Waals surface area contributed by atoms with Crippen LogP contribution in [0.1, 0.15) is 43.0 Å². The molecule has 0 saturated heterocycles. The molecule has 3 fully saturated rings. The molecule has 4 aliphatic rings. The van der Waals surface area contributed by atoms with Crippen LogP contribution < -0.4 is 15.4 Å². The molecule has 3 aliphatic carbocycles. The number of benzene rings is 1. The number of para-hydroxylation sites is 1. The van der Waals surface area contributed by atoms with Gasteiger partial charge >= 0.3 is 0 Å². The first kappa shape index (κ1) is 17.3. The number of hydrogen-bond donors (Lipinski definition) is 2. The van der Waals surface area contributed by atoms with E-state index in [1.165, 1.54) is 0 Å². The van der Waals surface area contributed by atoms with Gasteiger partial charge in [-0.15, -0.1) is 0 Å². The van der Waals surface area contributed by atoms with Gasteiger partial charge in [0, 0.05) is 31.9 Å². The van der Waals surface area contributed by atoms with Crippen LogP contribution in [0.4, 0.5) is 0 Å². The molecule has 6 heteroatoms. The van der Waals surface area contributed by atoms with Gasteiger partial charge in [0.2, 0.25) is 5.91 Å². The first-order chi connectivity index (χ1) is 12.5. The molecular formula is C20H26N2O4. The molecule has 2 amide bonds. The smallest absolute Gasteiger partial charge is 0.258 e. The predicted octanol–water partition coefficient (Wildman–Crippen LogP) is 2.09. The minimum Gasteiger partial charge on any atom is -0.467 e. The van der Waals surface area contributed by atoms with Gasteiger partial charge in [0.1, 0.15) is 5.75 Å². The van der Waals surface area contributed by atoms with E-state index in [4.69, 9.17) is 9.47 Å². The zero-order valence-electron chi connectivity index (χ0n) is 15.3. The van der Waals surface area contributed by atoms with E-state index in [2.05, 4.69) is 17.6 Å². The molecule has 1 aromatic carbocycles. The highest BCUT2D eigenvalue weighted by molar-refractivity contribution is 5.98. The lowest BCUT2D eigenvalue weighted by Gasteiger charge is -2.59. The highest BCUT2D eigenvalue weighted by atomic mass is 16.5. The Bertz CT molecular complexity index is 736. The minimum absolute atomic E-state index is 0.0543. The summed E-state index contributed by atoms with van der Waals surface area (Å²) in [5.41, 5.74) is -0.300. The largest absolute Gasteiger partial charge is 0.467 e. The van der Waals surface area contributed by atoms with Gasteiger partial charge < -0.3 is 20.1 Å². The summed E-state index contributed by atoms with van der Waals surface area (Å²) >= 11 is 0. The van der Waals surface area contributed by atoms with Crippen molar-refractivity contribution in [3.63, 3.8) is 0 Å². The van der Waals surface area contributed by atoms with E-state index in [0.717, 1.165) is 19.3 Å². The lowest BCUT2D eigenvalue weighted by Crippen LogP contribution is -2.69. The zero-order chi connectivity index (χ0) is 18.4. The molecule has 26 heavy (non-hydrogen) atoms. The van der Waals surface area contributed by atoms with E-state index >= 15 is 0 Å². The highest BCUT2D eigenvalue weighted by Gasteiger charge is 2.61. The molecule has 1 aromatic rings. The maximum atomic E-state index is 12.7. The van der Waals surface area contributed by atoms with Gasteiger partial charge in [-0.3, -0.25) is 9.59 Å². The number of amides is 2. The molecule has 4 atom stereocenters. The van der Waals surface area contributed by atoms with Crippen molar-refractivity contribution >= 4 is 11.8 Å². The molecule has 2 N–H and O–H groups in total. The first-order valence-electron chi connectivity index (χ1n) is 9.35. The van der Waals surface area contributed by atoms with E-state index < -0.39 is 5.72 Å². The summed E-state index contributed by atoms with van der Waals surface area (Å²) in [6.07, 6.45) is 3.33. The van der Waals surface area contributed by atoms with Crippen LogP contribution in [0, 0.1) is 17.3 Å². The standard InChI is InChI=1S/C20H26N2O4/c1-19-8-7-13(11-15(19)18(24)21-9-10-25-2)20(12-19)22-17(23)14-5-3-4-6-16(14)26-20/h3-6,13,15H,7-12H2,1-2H3,(H,21,24)(H,22,23). The number of rotatable bonds is 4. The van der Waals surface area contributed by atoms with Gasteiger partial charge in [-0.2, -0.15) is 0 Å². The van der Waals surface area contributed by atoms with Crippen LogP contribution in [0.5, 0.6) is 5.75 Å². The Morgan fingerprint density at radius 1 is 1.42 bits per heavy atom. The summed E-state index contributed by atoms with van der Waals surface area (Å²) < 4.78 is 11.4. The number of carbonyl (C=O) groups is 2. The van der Waals surface area contributed by atoms with Crippen LogP contribution in [0.3, 0.4) is 0 Å². The Balaban J connectivity index is 1.57. The van der Waals surface area contributed by atoms with Crippen LogP contribution >= 0.6 is 0 Å². The lowest BCUT2D eigenvalue weighted by molar-refractivity contribution is -0.167. The van der Waals surface area contributed by atoms with Gasteiger partial charge in [-0.25, -0.2) is 0 Å². The zero-order valence-corrected chi connectivity index (χ0v) is 15.3. The summed E-state index contributed by atoms with van der Waals surface area (Å²) in [7, 11) is 1.63. The van der Waals surface area contributed by atoms with Crippen LogP contribution in [0.2, 0.25) is 0 Å². The third kappa shape index (κ3) is 2.67. The molecule has 0 aromatic heterocycles. The fraction of sp³-hybridized carbons (Fsp3) is 0.600. The van der Waals surface area contributed by atoms with Gasteiger partial charge in [0.15, 0.2) is 5.72 Å². The van der Waals surface area contributed by atoms with Crippen molar-refractivity contribution in [1.82, 2.24) is 10.6 Å². The van der Waals surface area contributed by atoms with Crippen molar-refractivity contribution in [1.29, 1.82) is 0 Å². The van der Waals surface area contributed by atoms with E-state index in [9.17, 15) is 9.59 Å². The fourth-order valence-corrected chi connectivity index (χ4v) is 5.06. The Labute approximate surface area is 153 Å². The summed E-state index contributed by atoms with van der Waals surface area (Å²) in [5.74, 6) is 0.741. The van der Waals surface area contributed by atoms with Crippen LogP contribution in [-0.2, 0) is 9.53 Å². The second kappa shape index (κ2) is 6.27. The van der Waals surface area contributed by atoms with E-state index in [1.54, 1.807) is 13.2 Å². The molecule has 5 rings (SSSR count). The minimum atomic E-state index is -0.693. The Morgan fingerprint density at radius 2 is 2.23 bits per heavy atom. The maximum absolute atomic E-state index is 12.7. The van der Waals surface area contributed by atoms with Crippen molar-refractivity contribution in [2.24, 2.45) is 17.3 Å². The number of nitrogens with one attached hydrogen (secondary N) is 2. The molecule has 1 spiro atoms. The second-order valence-electron chi connectivity index (χ2n) is 8.08. The number of ether oxygens (including phenoxy) is 2. The lowest BCUT2D eigenvalue weighted by atomic mass is 9.52. The third-order valence-electron chi connectivity index (χ3n) is 6.42. The number of hydrogen-bond acceptors (Lipinski definition) is 4. The van der Waals surface area contributed by atoms with Crippen LogP contribution in [0.25, 0.3) is 0 Å².